The van der Waals surface area contributed by atoms with E-state index in [4.69, 9.17) is 0 Å². The van der Waals surface area contributed by atoms with E-state index in [-0.39, 0.29) is 6.10 Å². The number of nitrogens with one attached hydrogen (secondary N) is 2. The molecule has 0 aromatic carbocycles. The number of aromatic nitrogens is 4. The molecule has 7 nitrogen and oxygen atoms in total. The van der Waals surface area contributed by atoms with Crippen LogP contribution in [0.15, 0.2) is 6.33 Å². The first-order chi connectivity index (χ1) is 9.61. The van der Waals surface area contributed by atoms with E-state index in [0.717, 1.165) is 30.8 Å². The zero-order valence-corrected chi connectivity index (χ0v) is 12.2. The Hall–Kier alpha value is -1.89. The van der Waals surface area contributed by atoms with Gasteiger partial charge in [-0.1, -0.05) is 6.92 Å². The maximum absolute atomic E-state index is 9.40. The third-order valence-electron chi connectivity index (χ3n) is 3.04. The Labute approximate surface area is 118 Å². The van der Waals surface area contributed by atoms with Crippen LogP contribution in [0.3, 0.4) is 0 Å². The molecule has 2 aromatic rings. The van der Waals surface area contributed by atoms with Gasteiger partial charge in [-0.2, -0.15) is 9.97 Å². The highest BCUT2D eigenvalue weighted by atomic mass is 16.3. The summed E-state index contributed by atoms with van der Waals surface area (Å²) in [6.07, 6.45) is 2.99. The summed E-state index contributed by atoms with van der Waals surface area (Å²) in [5, 5.41) is 12.6. The standard InChI is InChI=1S/C13H22N6O/c1-4-6-14-13-17-11-10(15-8-16-11)12(18-13)19(3)7-5-9(2)20/h8-9,20H,4-7H2,1-3H3,(H2,14,15,16,17,18). The predicted molar refractivity (Wildman–Crippen MR) is 80.0 cm³/mol. The Morgan fingerprint density at radius 1 is 1.45 bits per heavy atom. The van der Waals surface area contributed by atoms with Gasteiger partial charge in [-0.3, -0.25) is 0 Å². The molecule has 1 unspecified atom stereocenters. The van der Waals surface area contributed by atoms with E-state index < -0.39 is 0 Å². The van der Waals surface area contributed by atoms with Crippen LogP contribution in [0.5, 0.6) is 0 Å². The van der Waals surface area contributed by atoms with E-state index in [0.29, 0.717) is 18.0 Å². The molecule has 0 radical (unpaired) electrons. The van der Waals surface area contributed by atoms with Crippen molar-refractivity contribution in [3.8, 4) is 0 Å². The molecule has 0 fully saturated rings. The largest absolute Gasteiger partial charge is 0.393 e. The van der Waals surface area contributed by atoms with E-state index in [2.05, 4.69) is 32.2 Å². The fourth-order valence-electron chi connectivity index (χ4n) is 1.90. The van der Waals surface area contributed by atoms with Crippen molar-refractivity contribution in [1.82, 2.24) is 19.9 Å². The van der Waals surface area contributed by atoms with E-state index in [1.165, 1.54) is 0 Å². The van der Waals surface area contributed by atoms with Gasteiger partial charge < -0.3 is 20.3 Å². The van der Waals surface area contributed by atoms with Crippen LogP contribution in [-0.2, 0) is 0 Å². The van der Waals surface area contributed by atoms with Gasteiger partial charge >= 0.3 is 0 Å². The Kier molecular flexibility index (Phi) is 4.73. The van der Waals surface area contributed by atoms with Gasteiger partial charge in [-0.15, -0.1) is 0 Å². The Bertz CT molecular complexity index is 553. The number of anilines is 2. The molecule has 0 bridgehead atoms. The highest BCUT2D eigenvalue weighted by molar-refractivity contribution is 5.84. The molecular formula is C13H22N6O. The van der Waals surface area contributed by atoms with Crippen molar-refractivity contribution < 1.29 is 5.11 Å². The third kappa shape index (κ3) is 3.36. The van der Waals surface area contributed by atoms with Crippen molar-refractivity contribution in [3.05, 3.63) is 6.33 Å². The number of hydrogen-bond donors (Lipinski definition) is 3. The molecule has 3 N–H and O–H groups in total. The van der Waals surface area contributed by atoms with Gasteiger partial charge in [0.15, 0.2) is 11.5 Å². The second kappa shape index (κ2) is 6.51. The maximum atomic E-state index is 9.40. The molecule has 20 heavy (non-hydrogen) atoms. The lowest BCUT2D eigenvalue weighted by Crippen LogP contribution is -2.23. The summed E-state index contributed by atoms with van der Waals surface area (Å²) in [6, 6.07) is 0. The zero-order valence-electron chi connectivity index (χ0n) is 12.2. The van der Waals surface area contributed by atoms with Gasteiger partial charge in [-0.05, 0) is 19.8 Å². The van der Waals surface area contributed by atoms with Gasteiger partial charge in [0.25, 0.3) is 0 Å². The number of imidazole rings is 1. The molecule has 1 atom stereocenters. The lowest BCUT2D eigenvalue weighted by molar-refractivity contribution is 0.187. The van der Waals surface area contributed by atoms with Crippen molar-refractivity contribution in [2.75, 3.05) is 30.4 Å². The zero-order chi connectivity index (χ0) is 14.5. The minimum absolute atomic E-state index is 0.325. The van der Waals surface area contributed by atoms with Crippen LogP contribution < -0.4 is 10.2 Å². The highest BCUT2D eigenvalue weighted by Crippen LogP contribution is 2.22. The number of aliphatic hydroxyl groups excluding tert-OH is 1. The Morgan fingerprint density at radius 2 is 2.25 bits per heavy atom. The first-order valence-electron chi connectivity index (χ1n) is 6.96. The molecule has 2 aromatic heterocycles. The van der Waals surface area contributed by atoms with Gasteiger partial charge in [0.05, 0.1) is 12.4 Å². The van der Waals surface area contributed by atoms with Gasteiger partial charge in [-0.25, -0.2) is 4.98 Å². The molecule has 110 valence electrons. The van der Waals surface area contributed by atoms with Crippen molar-refractivity contribution in [2.24, 2.45) is 0 Å². The molecule has 0 saturated carbocycles. The molecule has 0 saturated heterocycles. The highest BCUT2D eigenvalue weighted by Gasteiger charge is 2.13. The minimum atomic E-state index is -0.325. The molecule has 2 heterocycles. The normalized spacial score (nSPS) is 12.6. The fraction of sp³-hybridized carbons (Fsp3) is 0.615. The molecule has 2 rings (SSSR count). The monoisotopic (exact) mass is 278 g/mol. The molecule has 0 amide bonds. The number of fused-ring (bicyclic) bond motifs is 1. The second-order valence-corrected chi connectivity index (χ2v) is 4.96. The number of aliphatic hydroxyl groups is 1. The van der Waals surface area contributed by atoms with Gasteiger partial charge in [0, 0.05) is 20.1 Å². The van der Waals surface area contributed by atoms with E-state index in [1.807, 2.05) is 11.9 Å². The smallest absolute Gasteiger partial charge is 0.226 e. The van der Waals surface area contributed by atoms with Crippen molar-refractivity contribution in [3.63, 3.8) is 0 Å². The Morgan fingerprint density at radius 3 is 2.95 bits per heavy atom. The number of aromatic amines is 1. The van der Waals surface area contributed by atoms with Gasteiger partial charge in [0.1, 0.15) is 5.52 Å². The lowest BCUT2D eigenvalue weighted by atomic mass is 10.3. The summed E-state index contributed by atoms with van der Waals surface area (Å²) < 4.78 is 0. The molecule has 0 spiro atoms. The summed E-state index contributed by atoms with van der Waals surface area (Å²) in [6.45, 7) is 5.42. The van der Waals surface area contributed by atoms with Crippen molar-refractivity contribution >= 4 is 22.9 Å². The molecule has 0 aliphatic rings. The van der Waals surface area contributed by atoms with Crippen molar-refractivity contribution in [1.29, 1.82) is 0 Å². The quantitative estimate of drug-likeness (QED) is 0.709. The summed E-state index contributed by atoms with van der Waals surface area (Å²) in [4.78, 5) is 18.2. The summed E-state index contributed by atoms with van der Waals surface area (Å²) in [5.41, 5.74) is 1.47. The average Bonchev–Trinajstić information content (AvgIpc) is 2.89. The summed E-state index contributed by atoms with van der Waals surface area (Å²) in [5.74, 6) is 1.39. The first-order valence-corrected chi connectivity index (χ1v) is 6.96. The number of hydrogen-bond acceptors (Lipinski definition) is 6. The van der Waals surface area contributed by atoms with Crippen LogP contribution in [0.2, 0.25) is 0 Å². The SMILES string of the molecule is CCCNc1nc(N(C)CCC(C)O)c2[nH]cnc2n1. The predicted octanol–water partition coefficient (Wildman–Crippen LogP) is 1.38. The summed E-state index contributed by atoms with van der Waals surface area (Å²) in [7, 11) is 1.95. The minimum Gasteiger partial charge on any atom is -0.393 e. The third-order valence-corrected chi connectivity index (χ3v) is 3.04. The van der Waals surface area contributed by atoms with E-state index in [9.17, 15) is 5.11 Å². The van der Waals surface area contributed by atoms with Crippen LogP contribution >= 0.6 is 0 Å². The maximum Gasteiger partial charge on any atom is 0.226 e. The van der Waals surface area contributed by atoms with Crippen LogP contribution in [0, 0.1) is 0 Å². The van der Waals surface area contributed by atoms with Crippen LogP contribution in [0.4, 0.5) is 11.8 Å². The Balaban J connectivity index is 2.26. The topological polar surface area (TPSA) is 90.0 Å². The number of rotatable bonds is 7. The lowest BCUT2D eigenvalue weighted by Gasteiger charge is -2.20. The average molecular weight is 278 g/mol. The number of nitrogens with zero attached hydrogens (tertiary/aromatic N) is 4. The summed E-state index contributed by atoms with van der Waals surface area (Å²) >= 11 is 0. The molecule has 0 aliphatic carbocycles. The van der Waals surface area contributed by atoms with Crippen LogP contribution in [0.1, 0.15) is 26.7 Å². The number of H-pyrrole nitrogens is 1. The van der Waals surface area contributed by atoms with E-state index in [1.54, 1.807) is 13.3 Å². The molecule has 0 aliphatic heterocycles. The molecular weight excluding hydrogens is 256 g/mol. The molecule has 7 heteroatoms. The van der Waals surface area contributed by atoms with Crippen LogP contribution in [0.25, 0.3) is 11.2 Å². The van der Waals surface area contributed by atoms with Gasteiger partial charge in [0.2, 0.25) is 5.95 Å². The van der Waals surface area contributed by atoms with Crippen LogP contribution in [-0.4, -0.2) is 51.3 Å². The first kappa shape index (κ1) is 14.5. The fourth-order valence-corrected chi connectivity index (χ4v) is 1.90. The second-order valence-electron chi connectivity index (χ2n) is 4.96. The van der Waals surface area contributed by atoms with Crippen molar-refractivity contribution in [2.45, 2.75) is 32.8 Å². The van der Waals surface area contributed by atoms with E-state index >= 15 is 0 Å².